The van der Waals surface area contributed by atoms with Crippen molar-refractivity contribution in [2.75, 3.05) is 0 Å². The van der Waals surface area contributed by atoms with E-state index in [4.69, 9.17) is 0 Å². The topological polar surface area (TPSA) is 0 Å². The van der Waals surface area contributed by atoms with E-state index in [1.165, 1.54) is 0 Å². The van der Waals surface area contributed by atoms with Crippen molar-refractivity contribution in [3.05, 3.63) is 34.2 Å². The summed E-state index contributed by atoms with van der Waals surface area (Å²) < 4.78 is 0. The van der Waals surface area contributed by atoms with E-state index in [0.29, 0.717) is 0 Å². The van der Waals surface area contributed by atoms with Crippen LogP contribution in [-0.2, 0) is 0 Å². The highest BCUT2D eigenvalue weighted by Gasteiger charge is 1.85. The van der Waals surface area contributed by atoms with Crippen LogP contribution in [0, 0.1) is 11.8 Å². The molecule has 0 saturated carbocycles. The Kier molecular flexibility index (Phi) is 2.13. The van der Waals surface area contributed by atoms with Crippen LogP contribution >= 0.6 is 0 Å². The summed E-state index contributed by atoms with van der Waals surface area (Å²) in [6.45, 7) is 9.47. The number of hydrogen-bond acceptors (Lipinski definition) is 0. The van der Waals surface area contributed by atoms with Crippen molar-refractivity contribution >= 4 is 13.2 Å². The number of benzene rings is 1. The van der Waals surface area contributed by atoms with Gasteiger partial charge in [-0.3, -0.25) is 0 Å². The first-order valence-corrected chi connectivity index (χ1v) is 3.45. The van der Waals surface area contributed by atoms with Crippen LogP contribution < -0.4 is 10.4 Å². The molecular formula is C11H10. The highest BCUT2D eigenvalue weighted by molar-refractivity contribution is 5.37. The van der Waals surface area contributed by atoms with E-state index >= 15 is 0 Å². The third-order valence-electron chi connectivity index (χ3n) is 1.43. The van der Waals surface area contributed by atoms with Gasteiger partial charge < -0.3 is 0 Å². The van der Waals surface area contributed by atoms with Gasteiger partial charge in [0.15, 0.2) is 0 Å². The van der Waals surface area contributed by atoms with Crippen molar-refractivity contribution in [1.82, 2.24) is 0 Å². The Bertz CT molecular complexity index is 402. The monoisotopic (exact) mass is 142 g/mol. The number of hydrogen-bond donors (Lipinski definition) is 0. The summed E-state index contributed by atoms with van der Waals surface area (Å²) in [5, 5.41) is 1.95. The molecule has 0 radical (unpaired) electrons. The fourth-order valence-electron chi connectivity index (χ4n) is 0.875. The van der Waals surface area contributed by atoms with E-state index in [1.54, 1.807) is 0 Å². The SMILES string of the molecule is C=c1ccc(=C)c(C#CC)c1. The molecule has 11 heavy (non-hydrogen) atoms. The van der Waals surface area contributed by atoms with E-state index in [2.05, 4.69) is 25.0 Å². The minimum absolute atomic E-state index is 0.965. The highest BCUT2D eigenvalue weighted by Crippen LogP contribution is 1.80. The molecule has 0 nitrogen and oxygen atoms in total. The molecule has 0 amide bonds. The molecule has 1 rings (SSSR count). The van der Waals surface area contributed by atoms with Gasteiger partial charge in [0.1, 0.15) is 0 Å². The minimum Gasteiger partial charge on any atom is -0.101 e. The van der Waals surface area contributed by atoms with E-state index in [9.17, 15) is 0 Å². The standard InChI is InChI=1S/C11H10/c1-4-5-11-8-9(2)6-7-10(11)3/h6-8H,2-3H2,1H3. The van der Waals surface area contributed by atoms with E-state index in [1.807, 2.05) is 25.1 Å². The van der Waals surface area contributed by atoms with E-state index < -0.39 is 0 Å². The third-order valence-corrected chi connectivity index (χ3v) is 1.43. The van der Waals surface area contributed by atoms with Crippen molar-refractivity contribution in [2.24, 2.45) is 0 Å². The van der Waals surface area contributed by atoms with E-state index in [-0.39, 0.29) is 0 Å². The quantitative estimate of drug-likeness (QED) is 0.472. The van der Waals surface area contributed by atoms with Crippen LogP contribution in [-0.4, -0.2) is 0 Å². The van der Waals surface area contributed by atoms with Gasteiger partial charge in [-0.25, -0.2) is 0 Å². The smallest absolute Gasteiger partial charge is 0.0317 e. The Morgan fingerprint density at radius 1 is 1.27 bits per heavy atom. The fourth-order valence-corrected chi connectivity index (χ4v) is 0.875. The lowest BCUT2D eigenvalue weighted by Crippen LogP contribution is -2.09. The molecular weight excluding hydrogens is 132 g/mol. The molecule has 0 N–H and O–H groups in total. The summed E-state index contributed by atoms with van der Waals surface area (Å²) in [6.07, 6.45) is 0. The van der Waals surface area contributed by atoms with Gasteiger partial charge in [-0.2, -0.15) is 0 Å². The lowest BCUT2D eigenvalue weighted by Gasteiger charge is -1.89. The van der Waals surface area contributed by atoms with Crippen LogP contribution in [0.25, 0.3) is 13.2 Å². The Hall–Kier alpha value is -1.48. The Morgan fingerprint density at radius 2 is 2.00 bits per heavy atom. The highest BCUT2D eigenvalue weighted by atomic mass is 13.9. The van der Waals surface area contributed by atoms with Crippen LogP contribution in [0.5, 0.6) is 0 Å². The van der Waals surface area contributed by atoms with Gasteiger partial charge in [0.25, 0.3) is 0 Å². The Morgan fingerprint density at radius 3 is 2.64 bits per heavy atom. The van der Waals surface area contributed by atoms with E-state index in [0.717, 1.165) is 16.0 Å². The Balaban J connectivity index is 3.43. The molecule has 1 aromatic carbocycles. The maximum absolute atomic E-state index is 3.85. The van der Waals surface area contributed by atoms with Gasteiger partial charge in [-0.05, 0) is 23.4 Å². The van der Waals surface area contributed by atoms with Crippen LogP contribution in [0.15, 0.2) is 18.2 Å². The average Bonchev–Trinajstić information content (AvgIpc) is 1.98. The number of rotatable bonds is 0. The second kappa shape index (κ2) is 3.07. The first-order chi connectivity index (χ1) is 5.24. The average molecular weight is 142 g/mol. The maximum Gasteiger partial charge on any atom is 0.0317 e. The molecule has 0 fully saturated rings. The largest absolute Gasteiger partial charge is 0.101 e. The summed E-state index contributed by atoms with van der Waals surface area (Å²) in [7, 11) is 0. The summed E-state index contributed by atoms with van der Waals surface area (Å²) in [5.74, 6) is 5.80. The molecule has 0 saturated heterocycles. The second-order valence-corrected chi connectivity index (χ2v) is 2.37. The van der Waals surface area contributed by atoms with Gasteiger partial charge >= 0.3 is 0 Å². The summed E-state index contributed by atoms with van der Waals surface area (Å²) in [5.41, 5.74) is 0.972. The molecule has 54 valence electrons. The maximum atomic E-state index is 3.85. The summed E-state index contributed by atoms with van der Waals surface area (Å²) in [4.78, 5) is 0. The molecule has 0 aliphatic carbocycles. The molecule has 0 heteroatoms. The second-order valence-electron chi connectivity index (χ2n) is 2.37. The molecule has 0 aliphatic heterocycles. The Labute approximate surface area is 66.9 Å². The van der Waals surface area contributed by atoms with Crippen LogP contribution in [0.4, 0.5) is 0 Å². The zero-order valence-electron chi connectivity index (χ0n) is 6.65. The first-order valence-electron chi connectivity index (χ1n) is 3.45. The molecule has 0 heterocycles. The lowest BCUT2D eigenvalue weighted by atomic mass is 10.1. The normalized spacial score (nSPS) is 8.45. The predicted octanol–water partition coefficient (Wildman–Crippen LogP) is 0.879. The van der Waals surface area contributed by atoms with Crippen molar-refractivity contribution in [1.29, 1.82) is 0 Å². The molecule has 0 atom stereocenters. The van der Waals surface area contributed by atoms with Gasteiger partial charge in [-0.1, -0.05) is 31.2 Å². The molecule has 0 spiro atoms. The molecule has 1 aromatic rings. The fraction of sp³-hybridized carbons (Fsp3) is 0.0909. The van der Waals surface area contributed by atoms with Crippen LogP contribution in [0.1, 0.15) is 12.5 Å². The predicted molar refractivity (Wildman–Crippen MR) is 49.3 cm³/mol. The third kappa shape index (κ3) is 1.72. The summed E-state index contributed by atoms with van der Waals surface area (Å²) in [6, 6.07) is 5.81. The van der Waals surface area contributed by atoms with Crippen molar-refractivity contribution < 1.29 is 0 Å². The van der Waals surface area contributed by atoms with Gasteiger partial charge in [0.2, 0.25) is 0 Å². The first kappa shape index (κ1) is 7.63. The minimum atomic E-state index is 0.965. The van der Waals surface area contributed by atoms with Crippen molar-refractivity contribution in [3.63, 3.8) is 0 Å². The molecule has 0 unspecified atom stereocenters. The zero-order valence-corrected chi connectivity index (χ0v) is 6.65. The van der Waals surface area contributed by atoms with Gasteiger partial charge in [0, 0.05) is 5.56 Å². The van der Waals surface area contributed by atoms with Crippen molar-refractivity contribution in [3.8, 4) is 11.8 Å². The molecule has 0 aliphatic rings. The summed E-state index contributed by atoms with van der Waals surface area (Å²) >= 11 is 0. The lowest BCUT2D eigenvalue weighted by molar-refractivity contribution is 1.52. The van der Waals surface area contributed by atoms with Gasteiger partial charge in [-0.15, -0.1) is 5.92 Å². The zero-order chi connectivity index (χ0) is 8.27. The molecule has 0 bridgehead atoms. The van der Waals surface area contributed by atoms with Crippen molar-refractivity contribution in [2.45, 2.75) is 6.92 Å². The van der Waals surface area contributed by atoms with Gasteiger partial charge in [0.05, 0.1) is 0 Å². The van der Waals surface area contributed by atoms with Crippen LogP contribution in [0.2, 0.25) is 0 Å². The molecule has 0 aromatic heterocycles. The van der Waals surface area contributed by atoms with Crippen LogP contribution in [0.3, 0.4) is 0 Å².